The number of methoxy groups -OCH3 is 2. The highest BCUT2D eigenvalue weighted by atomic mass is 16.6. The summed E-state index contributed by atoms with van der Waals surface area (Å²) in [6, 6.07) is 4.90. The van der Waals surface area contributed by atoms with E-state index < -0.39 is 4.92 Å². The third-order valence-corrected chi connectivity index (χ3v) is 4.02. The molecule has 1 aromatic rings. The van der Waals surface area contributed by atoms with E-state index in [4.69, 9.17) is 9.47 Å². The Morgan fingerprint density at radius 3 is 2.59 bits per heavy atom. The van der Waals surface area contributed by atoms with Gasteiger partial charge in [-0.1, -0.05) is 0 Å². The number of anilines is 1. The first-order chi connectivity index (χ1) is 10.5. The standard InChI is InChI=1S/C15H20N2O5/c1-21-14-10-12(3-4-13(14)17(19)20)16-7-5-11(6-8-16)9-15(18)22-2/h3-4,10-11H,5-9H2,1-2H3. The molecular weight excluding hydrogens is 288 g/mol. The van der Waals surface area contributed by atoms with E-state index in [1.54, 1.807) is 12.1 Å². The highest BCUT2D eigenvalue weighted by molar-refractivity contribution is 5.69. The van der Waals surface area contributed by atoms with Gasteiger partial charge in [-0.15, -0.1) is 0 Å². The van der Waals surface area contributed by atoms with Crippen LogP contribution in [0.25, 0.3) is 0 Å². The van der Waals surface area contributed by atoms with Crippen molar-refractivity contribution in [1.29, 1.82) is 0 Å². The average molecular weight is 308 g/mol. The SMILES string of the molecule is COC(=O)CC1CCN(c2ccc([N+](=O)[O-])c(OC)c2)CC1. The Bertz CT molecular complexity index is 553. The van der Waals surface area contributed by atoms with Crippen molar-refractivity contribution < 1.29 is 19.2 Å². The zero-order valence-electron chi connectivity index (χ0n) is 12.8. The number of piperidine rings is 1. The van der Waals surface area contributed by atoms with E-state index in [0.717, 1.165) is 31.6 Å². The third kappa shape index (κ3) is 3.66. The lowest BCUT2D eigenvalue weighted by Crippen LogP contribution is -2.34. The molecule has 0 saturated carbocycles. The van der Waals surface area contributed by atoms with Crippen LogP contribution in [0.5, 0.6) is 5.75 Å². The van der Waals surface area contributed by atoms with Crippen molar-refractivity contribution in [2.24, 2.45) is 5.92 Å². The van der Waals surface area contributed by atoms with Gasteiger partial charge in [-0.25, -0.2) is 0 Å². The summed E-state index contributed by atoms with van der Waals surface area (Å²) < 4.78 is 9.79. The van der Waals surface area contributed by atoms with Gasteiger partial charge in [-0.2, -0.15) is 0 Å². The minimum atomic E-state index is -0.453. The Labute approximate surface area is 129 Å². The largest absolute Gasteiger partial charge is 0.490 e. The molecule has 1 aromatic carbocycles. The van der Waals surface area contributed by atoms with E-state index in [-0.39, 0.29) is 17.4 Å². The molecule has 1 saturated heterocycles. The van der Waals surface area contributed by atoms with E-state index in [2.05, 4.69) is 4.90 Å². The number of carbonyl (C=O) groups excluding carboxylic acids is 1. The molecule has 0 amide bonds. The smallest absolute Gasteiger partial charge is 0.311 e. The van der Waals surface area contributed by atoms with Gasteiger partial charge in [0.05, 0.1) is 19.1 Å². The summed E-state index contributed by atoms with van der Waals surface area (Å²) in [5, 5.41) is 10.9. The molecule has 1 heterocycles. The maximum absolute atomic E-state index is 11.3. The monoisotopic (exact) mass is 308 g/mol. The average Bonchev–Trinajstić information content (AvgIpc) is 2.54. The summed E-state index contributed by atoms with van der Waals surface area (Å²) in [7, 11) is 2.83. The van der Waals surface area contributed by atoms with Gasteiger partial charge in [-0.3, -0.25) is 14.9 Å². The van der Waals surface area contributed by atoms with Crippen molar-refractivity contribution in [1.82, 2.24) is 0 Å². The van der Waals surface area contributed by atoms with Gasteiger partial charge in [0.25, 0.3) is 0 Å². The number of rotatable bonds is 5. The number of hydrogen-bond donors (Lipinski definition) is 0. The zero-order valence-corrected chi connectivity index (χ0v) is 12.8. The fourth-order valence-corrected chi connectivity index (χ4v) is 2.73. The molecule has 1 fully saturated rings. The maximum Gasteiger partial charge on any atom is 0.311 e. The molecule has 0 spiro atoms. The number of nitro benzene ring substituents is 1. The van der Waals surface area contributed by atoms with Gasteiger partial charge in [0.1, 0.15) is 0 Å². The van der Waals surface area contributed by atoms with Crippen LogP contribution < -0.4 is 9.64 Å². The molecule has 7 heteroatoms. The molecular formula is C15H20N2O5. The number of benzene rings is 1. The van der Waals surface area contributed by atoms with E-state index in [9.17, 15) is 14.9 Å². The number of esters is 1. The minimum absolute atomic E-state index is 0.0353. The second-order valence-electron chi connectivity index (χ2n) is 5.32. The van der Waals surface area contributed by atoms with Crippen molar-refractivity contribution in [2.45, 2.75) is 19.3 Å². The number of carbonyl (C=O) groups is 1. The van der Waals surface area contributed by atoms with Gasteiger partial charge in [0.15, 0.2) is 5.75 Å². The van der Waals surface area contributed by atoms with Crippen LogP contribution in [0.3, 0.4) is 0 Å². The van der Waals surface area contributed by atoms with Crippen molar-refractivity contribution in [3.05, 3.63) is 28.3 Å². The lowest BCUT2D eigenvalue weighted by molar-refractivity contribution is -0.385. The Hall–Kier alpha value is -2.31. The molecule has 0 unspecified atom stereocenters. The summed E-state index contributed by atoms with van der Waals surface area (Å²) >= 11 is 0. The summed E-state index contributed by atoms with van der Waals surface area (Å²) in [6.07, 6.45) is 2.25. The first kappa shape index (κ1) is 16.1. The molecule has 0 atom stereocenters. The number of nitro groups is 1. The van der Waals surface area contributed by atoms with E-state index in [1.165, 1.54) is 20.3 Å². The fraction of sp³-hybridized carbons (Fsp3) is 0.533. The Morgan fingerprint density at radius 1 is 1.36 bits per heavy atom. The molecule has 0 radical (unpaired) electrons. The normalized spacial score (nSPS) is 15.5. The van der Waals surface area contributed by atoms with Crippen molar-refractivity contribution in [2.75, 3.05) is 32.2 Å². The van der Waals surface area contributed by atoms with E-state index in [1.807, 2.05) is 0 Å². The number of nitrogens with zero attached hydrogens (tertiary/aromatic N) is 2. The maximum atomic E-state index is 11.3. The molecule has 2 rings (SSSR count). The molecule has 0 aliphatic carbocycles. The Balaban J connectivity index is 2.02. The predicted molar refractivity (Wildman–Crippen MR) is 81.2 cm³/mol. The molecule has 0 aromatic heterocycles. The fourth-order valence-electron chi connectivity index (χ4n) is 2.73. The summed E-state index contributed by atoms with van der Waals surface area (Å²) in [6.45, 7) is 1.62. The number of ether oxygens (including phenoxy) is 2. The molecule has 0 N–H and O–H groups in total. The van der Waals surface area contributed by atoms with Crippen LogP contribution in [0.4, 0.5) is 11.4 Å². The molecule has 0 bridgehead atoms. The molecule has 7 nitrogen and oxygen atoms in total. The van der Waals surface area contributed by atoms with Crippen molar-refractivity contribution >= 4 is 17.3 Å². The Morgan fingerprint density at radius 2 is 2.05 bits per heavy atom. The first-order valence-corrected chi connectivity index (χ1v) is 7.19. The second-order valence-corrected chi connectivity index (χ2v) is 5.32. The van der Waals surface area contributed by atoms with Crippen LogP contribution in [0.2, 0.25) is 0 Å². The van der Waals surface area contributed by atoms with Crippen molar-refractivity contribution in [3.63, 3.8) is 0 Å². The summed E-state index contributed by atoms with van der Waals surface area (Å²) in [5.74, 6) is 0.429. The van der Waals surface area contributed by atoms with Crippen LogP contribution in [0.1, 0.15) is 19.3 Å². The highest BCUT2D eigenvalue weighted by Crippen LogP contribution is 2.33. The van der Waals surface area contributed by atoms with Crippen LogP contribution >= 0.6 is 0 Å². The van der Waals surface area contributed by atoms with Crippen molar-refractivity contribution in [3.8, 4) is 5.75 Å². The van der Waals surface area contributed by atoms with Gasteiger partial charge in [0.2, 0.25) is 0 Å². The Kier molecular flexibility index (Phi) is 5.19. The molecule has 120 valence electrons. The van der Waals surface area contributed by atoms with Crippen LogP contribution in [-0.4, -0.2) is 38.2 Å². The van der Waals surface area contributed by atoms with E-state index >= 15 is 0 Å². The van der Waals surface area contributed by atoms with Gasteiger partial charge >= 0.3 is 11.7 Å². The second kappa shape index (κ2) is 7.11. The topological polar surface area (TPSA) is 81.9 Å². The summed E-state index contributed by atoms with van der Waals surface area (Å²) in [4.78, 5) is 23.9. The minimum Gasteiger partial charge on any atom is -0.490 e. The molecule has 1 aliphatic rings. The van der Waals surface area contributed by atoms with Crippen LogP contribution in [0.15, 0.2) is 18.2 Å². The van der Waals surface area contributed by atoms with Crippen LogP contribution in [-0.2, 0) is 9.53 Å². The third-order valence-electron chi connectivity index (χ3n) is 4.02. The highest BCUT2D eigenvalue weighted by Gasteiger charge is 2.23. The van der Waals surface area contributed by atoms with Gasteiger partial charge in [-0.05, 0) is 24.8 Å². The van der Waals surface area contributed by atoms with Gasteiger partial charge in [0, 0.05) is 37.3 Å². The number of hydrogen-bond acceptors (Lipinski definition) is 6. The summed E-state index contributed by atoms with van der Waals surface area (Å²) in [5.41, 5.74) is 0.866. The first-order valence-electron chi connectivity index (χ1n) is 7.19. The predicted octanol–water partition coefficient (Wildman–Crippen LogP) is 2.38. The lowest BCUT2D eigenvalue weighted by atomic mass is 9.93. The zero-order chi connectivity index (χ0) is 16.1. The molecule has 1 aliphatic heterocycles. The molecule has 22 heavy (non-hydrogen) atoms. The van der Waals surface area contributed by atoms with Gasteiger partial charge < -0.3 is 14.4 Å². The quantitative estimate of drug-likeness (QED) is 0.472. The lowest BCUT2D eigenvalue weighted by Gasteiger charge is -2.33. The van der Waals surface area contributed by atoms with Crippen LogP contribution in [0, 0.1) is 16.0 Å². The van der Waals surface area contributed by atoms with E-state index in [0.29, 0.717) is 12.3 Å².